The molecule has 1 aliphatic heterocycles. The predicted molar refractivity (Wildman–Crippen MR) is 121 cm³/mol. The number of nitriles is 1. The SMILES string of the molecule is CC(C#N)CN1CCCN(C(C)(C)C)C1[SiH](c1ccccc1)c1ccccc1. The summed E-state index contributed by atoms with van der Waals surface area (Å²) >= 11 is 0. The third-order valence-electron chi connectivity index (χ3n) is 5.74. The van der Waals surface area contributed by atoms with Crippen molar-refractivity contribution in [1.29, 1.82) is 5.26 Å². The number of hydrogen-bond donors (Lipinski definition) is 0. The normalized spacial score (nSPS) is 20.1. The molecule has 0 aliphatic carbocycles. The standard InChI is InChI=1S/C24H33N3Si/c1-20(18-25)19-26-16-11-17-27(24(2,3)4)23(26)28(21-12-7-5-8-13-21)22-14-9-6-10-15-22/h5-10,12-15,20,23,28H,11,16-17,19H2,1-4H3. The van der Waals surface area contributed by atoms with Gasteiger partial charge in [0.1, 0.15) is 8.80 Å². The fourth-order valence-electron chi connectivity index (χ4n) is 4.48. The van der Waals surface area contributed by atoms with E-state index < -0.39 is 8.80 Å². The molecule has 1 aliphatic rings. The lowest BCUT2D eigenvalue weighted by molar-refractivity contribution is -0.0106. The summed E-state index contributed by atoms with van der Waals surface area (Å²) in [6.07, 6.45) is 1.16. The highest BCUT2D eigenvalue weighted by Crippen LogP contribution is 2.26. The summed E-state index contributed by atoms with van der Waals surface area (Å²) in [7, 11) is -1.57. The molecule has 3 rings (SSSR count). The molecule has 1 heterocycles. The minimum atomic E-state index is -1.57. The van der Waals surface area contributed by atoms with Crippen molar-refractivity contribution in [2.75, 3.05) is 19.6 Å². The first-order chi connectivity index (χ1) is 13.4. The summed E-state index contributed by atoms with van der Waals surface area (Å²) in [5.74, 6) is 0.415. The fraction of sp³-hybridized carbons (Fsp3) is 0.458. The second kappa shape index (κ2) is 9.04. The van der Waals surface area contributed by atoms with Gasteiger partial charge in [-0.05, 0) is 34.1 Å². The number of nitrogens with zero attached hydrogens (tertiary/aromatic N) is 3. The van der Waals surface area contributed by atoms with Gasteiger partial charge in [-0.2, -0.15) is 5.26 Å². The lowest BCUT2D eigenvalue weighted by Crippen LogP contribution is -2.71. The van der Waals surface area contributed by atoms with Gasteiger partial charge < -0.3 is 0 Å². The van der Waals surface area contributed by atoms with Gasteiger partial charge in [-0.15, -0.1) is 0 Å². The molecule has 148 valence electrons. The number of hydrogen-bond acceptors (Lipinski definition) is 3. The smallest absolute Gasteiger partial charge is 0.138 e. The molecule has 28 heavy (non-hydrogen) atoms. The maximum absolute atomic E-state index is 9.47. The van der Waals surface area contributed by atoms with Crippen LogP contribution in [-0.4, -0.2) is 49.6 Å². The van der Waals surface area contributed by atoms with Crippen molar-refractivity contribution < 1.29 is 0 Å². The van der Waals surface area contributed by atoms with Crippen LogP contribution in [0, 0.1) is 17.2 Å². The second-order valence-corrected chi connectivity index (χ2v) is 11.8. The Kier molecular flexibility index (Phi) is 6.72. The van der Waals surface area contributed by atoms with Crippen molar-refractivity contribution in [3.63, 3.8) is 0 Å². The second-order valence-electron chi connectivity index (χ2n) is 8.96. The third kappa shape index (κ3) is 4.72. The Morgan fingerprint density at radius 2 is 1.54 bits per heavy atom. The Morgan fingerprint density at radius 1 is 1.00 bits per heavy atom. The van der Waals surface area contributed by atoms with Crippen LogP contribution < -0.4 is 10.4 Å². The first kappa shape index (κ1) is 20.8. The van der Waals surface area contributed by atoms with Crippen molar-refractivity contribution in [3.8, 4) is 6.07 Å². The Bertz CT molecular complexity index is 739. The van der Waals surface area contributed by atoms with Gasteiger partial charge in [0.15, 0.2) is 0 Å². The predicted octanol–water partition coefficient (Wildman–Crippen LogP) is 2.86. The van der Waals surface area contributed by atoms with E-state index in [-0.39, 0.29) is 11.5 Å². The highest BCUT2D eigenvalue weighted by Gasteiger charge is 2.42. The summed E-state index contributed by atoms with van der Waals surface area (Å²) in [4.78, 5) is 5.32. The quantitative estimate of drug-likeness (QED) is 0.734. The Labute approximate surface area is 172 Å². The van der Waals surface area contributed by atoms with Crippen molar-refractivity contribution >= 4 is 19.2 Å². The highest BCUT2D eigenvalue weighted by molar-refractivity contribution is 6.86. The summed E-state index contributed by atoms with van der Waals surface area (Å²) in [5.41, 5.74) is 0.0913. The summed E-state index contributed by atoms with van der Waals surface area (Å²) < 4.78 is 0. The molecule has 0 aromatic heterocycles. The van der Waals surface area contributed by atoms with Crippen LogP contribution in [0.2, 0.25) is 0 Å². The molecule has 0 saturated carbocycles. The largest absolute Gasteiger partial charge is 0.289 e. The van der Waals surface area contributed by atoms with Gasteiger partial charge in [-0.25, -0.2) is 0 Å². The molecule has 1 fully saturated rings. The van der Waals surface area contributed by atoms with E-state index in [0.29, 0.717) is 5.79 Å². The van der Waals surface area contributed by atoms with Crippen LogP contribution >= 0.6 is 0 Å². The average Bonchev–Trinajstić information content (AvgIpc) is 2.70. The molecule has 2 atom stereocenters. The van der Waals surface area contributed by atoms with Crippen LogP contribution in [0.25, 0.3) is 0 Å². The van der Waals surface area contributed by atoms with Gasteiger partial charge in [0.2, 0.25) is 0 Å². The Hall–Kier alpha value is -1.93. The maximum Gasteiger partial charge on any atom is 0.138 e. The zero-order chi connectivity index (χ0) is 20.1. The van der Waals surface area contributed by atoms with Crippen LogP contribution in [0.4, 0.5) is 0 Å². The van der Waals surface area contributed by atoms with Gasteiger partial charge in [0, 0.05) is 25.2 Å². The van der Waals surface area contributed by atoms with Gasteiger partial charge in [-0.1, -0.05) is 71.0 Å². The summed E-state index contributed by atoms with van der Waals surface area (Å²) in [5, 5.41) is 12.4. The minimum Gasteiger partial charge on any atom is -0.289 e. The van der Waals surface area contributed by atoms with Crippen LogP contribution in [0.3, 0.4) is 0 Å². The van der Waals surface area contributed by atoms with E-state index in [1.165, 1.54) is 10.4 Å². The molecule has 4 heteroatoms. The molecule has 2 aromatic rings. The minimum absolute atomic E-state index is 0.0450. The van der Waals surface area contributed by atoms with E-state index in [0.717, 1.165) is 26.1 Å². The molecule has 1 saturated heterocycles. The topological polar surface area (TPSA) is 30.3 Å². The molecular formula is C24H33N3Si. The third-order valence-corrected chi connectivity index (χ3v) is 9.33. The van der Waals surface area contributed by atoms with Gasteiger partial charge in [0.05, 0.1) is 17.8 Å². The van der Waals surface area contributed by atoms with Crippen molar-refractivity contribution in [2.45, 2.75) is 45.4 Å². The fourth-order valence-corrected chi connectivity index (χ4v) is 8.47. The lowest BCUT2D eigenvalue weighted by atomic mass is 10.0. The molecule has 0 spiro atoms. The van der Waals surface area contributed by atoms with E-state index in [2.05, 4.69) is 104 Å². The monoisotopic (exact) mass is 391 g/mol. The van der Waals surface area contributed by atoms with Crippen LogP contribution in [0.5, 0.6) is 0 Å². The van der Waals surface area contributed by atoms with Crippen LogP contribution in [0.1, 0.15) is 34.1 Å². The first-order valence-corrected chi connectivity index (χ1v) is 12.2. The first-order valence-electron chi connectivity index (χ1n) is 10.4. The molecule has 0 bridgehead atoms. The maximum atomic E-state index is 9.47. The van der Waals surface area contributed by atoms with Gasteiger partial charge >= 0.3 is 0 Å². The molecule has 3 nitrogen and oxygen atoms in total. The van der Waals surface area contributed by atoms with Gasteiger partial charge in [0.25, 0.3) is 0 Å². The molecule has 0 radical (unpaired) electrons. The Balaban J connectivity index is 2.11. The number of benzene rings is 2. The highest BCUT2D eigenvalue weighted by atomic mass is 28.3. The van der Waals surface area contributed by atoms with Crippen molar-refractivity contribution in [3.05, 3.63) is 60.7 Å². The van der Waals surface area contributed by atoms with Crippen molar-refractivity contribution in [1.82, 2.24) is 9.80 Å². The van der Waals surface area contributed by atoms with E-state index >= 15 is 0 Å². The van der Waals surface area contributed by atoms with E-state index in [9.17, 15) is 5.26 Å². The number of rotatable bonds is 5. The van der Waals surface area contributed by atoms with E-state index in [4.69, 9.17) is 0 Å². The zero-order valence-electron chi connectivity index (χ0n) is 17.7. The van der Waals surface area contributed by atoms with E-state index in [1.807, 2.05) is 0 Å². The van der Waals surface area contributed by atoms with Gasteiger partial charge in [-0.3, -0.25) is 9.80 Å². The van der Waals surface area contributed by atoms with Crippen LogP contribution in [-0.2, 0) is 0 Å². The van der Waals surface area contributed by atoms with Crippen LogP contribution in [0.15, 0.2) is 60.7 Å². The zero-order valence-corrected chi connectivity index (χ0v) is 18.8. The summed E-state index contributed by atoms with van der Waals surface area (Å²) in [6, 6.07) is 24.6. The molecule has 2 aromatic carbocycles. The molecule has 2 unspecified atom stereocenters. The molecule has 0 amide bonds. The Morgan fingerprint density at radius 3 is 2.00 bits per heavy atom. The summed E-state index contributed by atoms with van der Waals surface area (Å²) in [6.45, 7) is 12.1. The van der Waals surface area contributed by atoms with E-state index in [1.54, 1.807) is 0 Å². The molecular weight excluding hydrogens is 358 g/mol. The lowest BCUT2D eigenvalue weighted by Gasteiger charge is -2.53. The molecule has 0 N–H and O–H groups in total. The average molecular weight is 392 g/mol. The van der Waals surface area contributed by atoms with Crippen molar-refractivity contribution in [2.24, 2.45) is 5.92 Å².